The lowest BCUT2D eigenvalue weighted by Gasteiger charge is -2.25. The molecule has 0 bridgehead atoms. The van der Waals surface area contributed by atoms with Gasteiger partial charge in [0.25, 0.3) is 0 Å². The number of nitrogens with one attached hydrogen (secondary N) is 2. The zero-order valence-electron chi connectivity index (χ0n) is 17.0. The zero-order valence-corrected chi connectivity index (χ0v) is 17.0. The fraction of sp³-hybridized carbons (Fsp3) is 0.364. The van der Waals surface area contributed by atoms with Crippen molar-refractivity contribution < 1.29 is 14.0 Å². The molecule has 150 valence electrons. The topological polar surface area (TPSA) is 61.4 Å². The molecule has 28 heavy (non-hydrogen) atoms. The van der Waals surface area contributed by atoms with Crippen LogP contribution in [0.3, 0.4) is 0 Å². The first-order valence-corrected chi connectivity index (χ1v) is 9.35. The number of hydrogen-bond donors (Lipinski definition) is 2. The number of hydrogen-bond acceptors (Lipinski definition) is 3. The summed E-state index contributed by atoms with van der Waals surface area (Å²) in [7, 11) is 1.70. The minimum Gasteiger partial charge on any atom is -0.325 e. The molecule has 0 aromatic heterocycles. The lowest BCUT2D eigenvalue weighted by Crippen LogP contribution is -2.43. The molecule has 0 unspecified atom stereocenters. The van der Waals surface area contributed by atoms with Gasteiger partial charge in [0.1, 0.15) is 5.82 Å². The van der Waals surface area contributed by atoms with Gasteiger partial charge in [0.2, 0.25) is 11.8 Å². The number of aryl methyl sites for hydroxylation is 1. The van der Waals surface area contributed by atoms with Crippen molar-refractivity contribution in [2.75, 3.05) is 24.2 Å². The number of carbonyl (C=O) groups is 2. The van der Waals surface area contributed by atoms with Crippen LogP contribution in [-0.2, 0) is 9.59 Å². The van der Waals surface area contributed by atoms with Crippen LogP contribution in [0.4, 0.5) is 15.8 Å². The van der Waals surface area contributed by atoms with E-state index < -0.39 is 11.9 Å². The predicted molar refractivity (Wildman–Crippen MR) is 111 cm³/mol. The van der Waals surface area contributed by atoms with Gasteiger partial charge in [-0.05, 0) is 56.1 Å². The number of carbonyl (C=O) groups excluding carboxylic acids is 2. The number of para-hydroxylation sites is 1. The quantitative estimate of drug-likeness (QED) is 0.752. The van der Waals surface area contributed by atoms with Crippen molar-refractivity contribution in [3.05, 3.63) is 59.4 Å². The summed E-state index contributed by atoms with van der Waals surface area (Å²) in [5.74, 6) is -0.637. The van der Waals surface area contributed by atoms with Crippen LogP contribution in [0.5, 0.6) is 0 Å². The SMILES string of the molecule is Cc1cccc(C(C)C)c1NC(=O)[C@H](C)N(C)CC(=O)Nc1cccc(F)c1. The Kier molecular flexibility index (Phi) is 7.29. The fourth-order valence-corrected chi connectivity index (χ4v) is 2.90. The first-order valence-electron chi connectivity index (χ1n) is 9.35. The second-order valence-electron chi connectivity index (χ2n) is 7.33. The average molecular weight is 385 g/mol. The molecule has 5 nitrogen and oxygen atoms in total. The highest BCUT2D eigenvalue weighted by atomic mass is 19.1. The molecule has 0 radical (unpaired) electrons. The molecule has 2 rings (SSSR count). The third-order valence-electron chi connectivity index (χ3n) is 4.72. The normalized spacial score (nSPS) is 12.1. The number of benzene rings is 2. The monoisotopic (exact) mass is 385 g/mol. The van der Waals surface area contributed by atoms with Crippen molar-refractivity contribution in [3.63, 3.8) is 0 Å². The molecule has 0 aliphatic carbocycles. The van der Waals surface area contributed by atoms with Gasteiger partial charge in [0.15, 0.2) is 0 Å². The van der Waals surface area contributed by atoms with E-state index in [9.17, 15) is 14.0 Å². The lowest BCUT2D eigenvalue weighted by atomic mass is 9.98. The van der Waals surface area contributed by atoms with Gasteiger partial charge in [-0.1, -0.05) is 38.1 Å². The van der Waals surface area contributed by atoms with Crippen LogP contribution in [0.1, 0.15) is 37.8 Å². The number of halogens is 1. The molecule has 0 aliphatic rings. The molecule has 2 N–H and O–H groups in total. The Hall–Kier alpha value is -2.73. The van der Waals surface area contributed by atoms with E-state index in [0.29, 0.717) is 5.69 Å². The molecule has 0 heterocycles. The zero-order chi connectivity index (χ0) is 20.8. The van der Waals surface area contributed by atoms with Crippen LogP contribution >= 0.6 is 0 Å². The van der Waals surface area contributed by atoms with Gasteiger partial charge in [-0.2, -0.15) is 0 Å². The van der Waals surface area contributed by atoms with Crippen LogP contribution in [0.25, 0.3) is 0 Å². The molecule has 0 saturated carbocycles. The van der Waals surface area contributed by atoms with E-state index in [1.807, 2.05) is 25.1 Å². The molecular weight excluding hydrogens is 357 g/mol. The van der Waals surface area contributed by atoms with Crippen LogP contribution in [0, 0.1) is 12.7 Å². The Morgan fingerprint density at radius 2 is 1.75 bits per heavy atom. The second kappa shape index (κ2) is 9.46. The summed E-state index contributed by atoms with van der Waals surface area (Å²) in [4.78, 5) is 26.6. The number of amides is 2. The third kappa shape index (κ3) is 5.63. The largest absolute Gasteiger partial charge is 0.325 e. The van der Waals surface area contributed by atoms with Crippen molar-refractivity contribution in [2.24, 2.45) is 0 Å². The van der Waals surface area contributed by atoms with Gasteiger partial charge < -0.3 is 10.6 Å². The maximum Gasteiger partial charge on any atom is 0.241 e. The van der Waals surface area contributed by atoms with E-state index in [0.717, 1.165) is 16.8 Å². The highest BCUT2D eigenvalue weighted by Crippen LogP contribution is 2.27. The minimum absolute atomic E-state index is 0.00983. The lowest BCUT2D eigenvalue weighted by molar-refractivity contribution is -0.122. The van der Waals surface area contributed by atoms with Crippen LogP contribution in [-0.4, -0.2) is 36.3 Å². The molecule has 2 aromatic carbocycles. The van der Waals surface area contributed by atoms with Gasteiger partial charge in [-0.3, -0.25) is 14.5 Å². The van der Waals surface area contributed by atoms with E-state index in [1.54, 1.807) is 24.9 Å². The maximum atomic E-state index is 13.2. The fourth-order valence-electron chi connectivity index (χ4n) is 2.90. The molecule has 0 aliphatic heterocycles. The Morgan fingerprint density at radius 3 is 2.39 bits per heavy atom. The summed E-state index contributed by atoms with van der Waals surface area (Å²) >= 11 is 0. The molecule has 0 spiro atoms. The van der Waals surface area contributed by atoms with Gasteiger partial charge in [-0.15, -0.1) is 0 Å². The molecule has 0 fully saturated rings. The first kappa shape index (κ1) is 21.6. The summed E-state index contributed by atoms with van der Waals surface area (Å²) in [5, 5.41) is 5.65. The third-order valence-corrected chi connectivity index (χ3v) is 4.72. The van der Waals surface area contributed by atoms with Crippen molar-refractivity contribution in [3.8, 4) is 0 Å². The second-order valence-corrected chi connectivity index (χ2v) is 7.33. The van der Waals surface area contributed by atoms with Crippen LogP contribution in [0.15, 0.2) is 42.5 Å². The van der Waals surface area contributed by atoms with E-state index in [2.05, 4.69) is 24.5 Å². The molecule has 0 saturated heterocycles. The van der Waals surface area contributed by atoms with Crippen molar-refractivity contribution >= 4 is 23.2 Å². The maximum absolute atomic E-state index is 13.2. The van der Waals surface area contributed by atoms with E-state index >= 15 is 0 Å². The number of likely N-dealkylation sites (N-methyl/N-ethyl adjacent to an activating group) is 1. The van der Waals surface area contributed by atoms with Gasteiger partial charge in [0, 0.05) is 11.4 Å². The number of rotatable bonds is 7. The summed E-state index contributed by atoms with van der Waals surface area (Å²) in [5.41, 5.74) is 3.29. The average Bonchev–Trinajstić information content (AvgIpc) is 2.62. The summed E-state index contributed by atoms with van der Waals surface area (Å²) in [6, 6.07) is 11.1. The van der Waals surface area contributed by atoms with E-state index in [1.165, 1.54) is 18.2 Å². The smallest absolute Gasteiger partial charge is 0.241 e. The first-order chi connectivity index (χ1) is 13.2. The standard InChI is InChI=1S/C22H28FN3O2/c1-14(2)19-11-6-8-15(3)21(19)25-22(28)16(4)26(5)13-20(27)24-18-10-7-9-17(23)12-18/h6-12,14,16H,13H2,1-5H3,(H,24,27)(H,25,28)/t16-/m0/s1. The van der Waals surface area contributed by atoms with E-state index in [-0.39, 0.29) is 24.3 Å². The Balaban J connectivity index is 2.00. The molecule has 2 aromatic rings. The number of anilines is 2. The summed E-state index contributed by atoms with van der Waals surface area (Å²) in [6.45, 7) is 7.88. The highest BCUT2D eigenvalue weighted by molar-refractivity contribution is 5.97. The Labute approximate surface area is 165 Å². The molecule has 1 atom stereocenters. The van der Waals surface area contributed by atoms with Crippen LogP contribution in [0.2, 0.25) is 0 Å². The van der Waals surface area contributed by atoms with Gasteiger partial charge >= 0.3 is 0 Å². The highest BCUT2D eigenvalue weighted by Gasteiger charge is 2.22. The predicted octanol–water partition coefficient (Wildman–Crippen LogP) is 4.16. The Morgan fingerprint density at radius 1 is 1.07 bits per heavy atom. The Bertz CT molecular complexity index is 851. The summed E-state index contributed by atoms with van der Waals surface area (Å²) < 4.78 is 13.2. The van der Waals surface area contributed by atoms with Gasteiger partial charge in [0.05, 0.1) is 12.6 Å². The number of nitrogens with zero attached hydrogens (tertiary/aromatic N) is 1. The summed E-state index contributed by atoms with van der Waals surface area (Å²) in [6.07, 6.45) is 0. The van der Waals surface area contributed by atoms with Crippen molar-refractivity contribution in [2.45, 2.75) is 39.7 Å². The van der Waals surface area contributed by atoms with Gasteiger partial charge in [-0.25, -0.2) is 4.39 Å². The van der Waals surface area contributed by atoms with Crippen molar-refractivity contribution in [1.29, 1.82) is 0 Å². The molecule has 2 amide bonds. The van der Waals surface area contributed by atoms with Crippen LogP contribution < -0.4 is 10.6 Å². The molecular formula is C22H28FN3O2. The van der Waals surface area contributed by atoms with E-state index in [4.69, 9.17) is 0 Å². The minimum atomic E-state index is -0.516. The van der Waals surface area contributed by atoms with Crippen molar-refractivity contribution in [1.82, 2.24) is 4.90 Å². The molecule has 6 heteroatoms.